The predicted octanol–water partition coefficient (Wildman–Crippen LogP) is 2.62. The maximum atomic E-state index is 12.1. The van der Waals surface area contributed by atoms with Crippen LogP contribution in [0.1, 0.15) is 38.2 Å². The van der Waals surface area contributed by atoms with Gasteiger partial charge in [-0.25, -0.2) is 4.79 Å². The summed E-state index contributed by atoms with van der Waals surface area (Å²) in [6, 6.07) is 8.45. The summed E-state index contributed by atoms with van der Waals surface area (Å²) in [6.07, 6.45) is 3.59. The zero-order valence-corrected chi connectivity index (χ0v) is 12.2. The molecule has 1 fully saturated rings. The Kier molecular flexibility index (Phi) is 4.81. The zero-order valence-electron chi connectivity index (χ0n) is 12.2. The third-order valence-electron chi connectivity index (χ3n) is 4.16. The molecule has 1 aliphatic carbocycles. The van der Waals surface area contributed by atoms with Gasteiger partial charge >= 0.3 is 6.03 Å². The number of hydrogen-bond acceptors (Lipinski definition) is 3. The van der Waals surface area contributed by atoms with Crippen LogP contribution >= 0.6 is 0 Å². The number of aliphatic hydroxyl groups is 1. The van der Waals surface area contributed by atoms with Crippen LogP contribution in [0.3, 0.4) is 0 Å². The number of urea groups is 1. The van der Waals surface area contributed by atoms with Gasteiger partial charge in [0.05, 0.1) is 23.8 Å². The highest BCUT2D eigenvalue weighted by molar-refractivity contribution is 5.90. The molecule has 1 aromatic rings. The second-order valence-electron chi connectivity index (χ2n) is 5.89. The van der Waals surface area contributed by atoms with Crippen LogP contribution in [0.15, 0.2) is 24.3 Å². The third-order valence-corrected chi connectivity index (χ3v) is 4.16. The van der Waals surface area contributed by atoms with Gasteiger partial charge in [0.2, 0.25) is 0 Å². The molecule has 3 N–H and O–H groups in total. The van der Waals surface area contributed by atoms with Gasteiger partial charge < -0.3 is 15.7 Å². The van der Waals surface area contributed by atoms with E-state index in [1.54, 1.807) is 24.3 Å². The molecule has 0 unspecified atom stereocenters. The molecule has 112 valence electrons. The van der Waals surface area contributed by atoms with Crippen LogP contribution in [0.2, 0.25) is 0 Å². The van der Waals surface area contributed by atoms with Crippen LogP contribution in [0.25, 0.3) is 0 Å². The van der Waals surface area contributed by atoms with Gasteiger partial charge in [-0.1, -0.05) is 13.0 Å². The van der Waals surface area contributed by atoms with Crippen LogP contribution in [-0.2, 0) is 0 Å². The maximum absolute atomic E-state index is 12.1. The monoisotopic (exact) mass is 287 g/mol. The number of benzene rings is 1. The first-order valence-corrected chi connectivity index (χ1v) is 7.27. The van der Waals surface area contributed by atoms with Crippen LogP contribution in [-0.4, -0.2) is 23.3 Å². The highest BCUT2D eigenvalue weighted by atomic mass is 16.3. The van der Waals surface area contributed by atoms with E-state index in [9.17, 15) is 9.90 Å². The first-order chi connectivity index (χ1) is 10.1. The van der Waals surface area contributed by atoms with Crippen molar-refractivity contribution in [3.05, 3.63) is 29.8 Å². The number of carbonyl (C=O) groups is 1. The molecule has 0 radical (unpaired) electrons. The summed E-state index contributed by atoms with van der Waals surface area (Å²) in [6.45, 7) is 2.14. The fourth-order valence-corrected chi connectivity index (χ4v) is 2.71. The minimum absolute atomic E-state index is 0.0502. The van der Waals surface area contributed by atoms with Gasteiger partial charge in [0.25, 0.3) is 0 Å². The summed E-state index contributed by atoms with van der Waals surface area (Å²) in [4.78, 5) is 12.1. The number of hydrogen-bond donors (Lipinski definition) is 3. The van der Waals surface area contributed by atoms with Crippen molar-refractivity contribution < 1.29 is 9.90 Å². The van der Waals surface area contributed by atoms with Crippen LogP contribution < -0.4 is 10.6 Å². The van der Waals surface area contributed by atoms with Gasteiger partial charge in [-0.2, -0.15) is 5.26 Å². The van der Waals surface area contributed by atoms with E-state index in [0.29, 0.717) is 17.2 Å². The molecule has 1 saturated carbocycles. The lowest BCUT2D eigenvalue weighted by Gasteiger charge is -2.38. The summed E-state index contributed by atoms with van der Waals surface area (Å²) in [5.74, 6) is 0.641. The fraction of sp³-hybridized carbons (Fsp3) is 0.500. The molecule has 2 amide bonds. The van der Waals surface area contributed by atoms with E-state index < -0.39 is 5.54 Å². The lowest BCUT2D eigenvalue weighted by molar-refractivity contribution is 0.113. The first-order valence-electron chi connectivity index (χ1n) is 7.27. The summed E-state index contributed by atoms with van der Waals surface area (Å²) in [5.41, 5.74) is 0.545. The molecule has 5 nitrogen and oxygen atoms in total. The number of aliphatic hydroxyl groups excluding tert-OH is 1. The summed E-state index contributed by atoms with van der Waals surface area (Å²) >= 11 is 0. The van der Waals surface area contributed by atoms with Gasteiger partial charge in [-0.3, -0.25) is 0 Å². The number of carbonyl (C=O) groups excluding carboxylic acids is 1. The molecule has 0 bridgehead atoms. The molecule has 0 atom stereocenters. The molecule has 0 spiro atoms. The number of nitriles is 1. The fourth-order valence-electron chi connectivity index (χ4n) is 2.71. The SMILES string of the molecule is CC1CCC(CO)(NC(=O)Nc2cccc(C#N)c2)CC1. The lowest BCUT2D eigenvalue weighted by atomic mass is 9.77. The van der Waals surface area contributed by atoms with Gasteiger partial charge in [-0.15, -0.1) is 0 Å². The maximum Gasteiger partial charge on any atom is 0.319 e. The molecule has 1 aliphatic rings. The number of nitrogens with zero attached hydrogens (tertiary/aromatic N) is 1. The molecule has 0 heterocycles. The molecular weight excluding hydrogens is 266 g/mol. The Hall–Kier alpha value is -2.06. The Balaban J connectivity index is 1.98. The summed E-state index contributed by atoms with van der Waals surface area (Å²) < 4.78 is 0. The smallest absolute Gasteiger partial charge is 0.319 e. The van der Waals surface area contributed by atoms with Gasteiger partial charge in [0, 0.05) is 5.69 Å². The van der Waals surface area contributed by atoms with Crippen molar-refractivity contribution in [2.45, 2.75) is 38.1 Å². The van der Waals surface area contributed by atoms with Crippen molar-refractivity contribution in [2.75, 3.05) is 11.9 Å². The molecular formula is C16H21N3O2. The number of amides is 2. The Morgan fingerprint density at radius 2 is 2.19 bits per heavy atom. The molecule has 5 heteroatoms. The van der Waals surface area contributed by atoms with Crippen molar-refractivity contribution in [1.29, 1.82) is 5.26 Å². The Bertz CT molecular complexity index is 543. The second-order valence-corrected chi connectivity index (χ2v) is 5.89. The number of rotatable bonds is 3. The molecule has 1 aromatic carbocycles. The van der Waals surface area contributed by atoms with Crippen molar-refractivity contribution in [3.8, 4) is 6.07 Å². The zero-order chi connectivity index (χ0) is 15.3. The minimum Gasteiger partial charge on any atom is -0.394 e. The summed E-state index contributed by atoms with van der Waals surface area (Å²) in [5, 5.41) is 24.1. The number of anilines is 1. The average Bonchev–Trinajstić information content (AvgIpc) is 2.50. The topological polar surface area (TPSA) is 85.2 Å². The molecule has 0 aliphatic heterocycles. The quantitative estimate of drug-likeness (QED) is 0.799. The first kappa shape index (κ1) is 15.3. The van der Waals surface area contributed by atoms with E-state index in [1.165, 1.54) is 0 Å². The summed E-state index contributed by atoms with van der Waals surface area (Å²) in [7, 11) is 0. The van der Waals surface area contributed by atoms with Crippen molar-refractivity contribution >= 4 is 11.7 Å². The highest BCUT2D eigenvalue weighted by Crippen LogP contribution is 2.31. The normalized spacial score (nSPS) is 24.9. The van der Waals surface area contributed by atoms with E-state index >= 15 is 0 Å². The van der Waals surface area contributed by atoms with Gasteiger partial charge in [0.1, 0.15) is 0 Å². The van der Waals surface area contributed by atoms with Gasteiger partial charge in [0.15, 0.2) is 0 Å². The molecule has 0 saturated heterocycles. The van der Waals surface area contributed by atoms with Crippen LogP contribution in [0, 0.1) is 17.2 Å². The lowest BCUT2D eigenvalue weighted by Crippen LogP contribution is -2.54. The third kappa shape index (κ3) is 3.96. The van der Waals surface area contributed by atoms with E-state index in [1.807, 2.05) is 6.07 Å². The Morgan fingerprint density at radius 3 is 2.81 bits per heavy atom. The van der Waals surface area contributed by atoms with Crippen molar-refractivity contribution in [1.82, 2.24) is 5.32 Å². The molecule has 0 aromatic heterocycles. The second kappa shape index (κ2) is 6.59. The largest absolute Gasteiger partial charge is 0.394 e. The standard InChI is InChI=1S/C16H21N3O2/c1-12-5-7-16(11-20,8-6-12)19-15(21)18-14-4-2-3-13(9-14)10-17/h2-4,9,12,20H,5-8,11H2,1H3,(H2,18,19,21). The highest BCUT2D eigenvalue weighted by Gasteiger charge is 2.35. The predicted molar refractivity (Wildman–Crippen MR) is 80.8 cm³/mol. The Labute approximate surface area is 125 Å². The minimum atomic E-state index is -0.524. The van der Waals surface area contributed by atoms with Crippen LogP contribution in [0.5, 0.6) is 0 Å². The average molecular weight is 287 g/mol. The van der Waals surface area contributed by atoms with E-state index in [4.69, 9.17) is 5.26 Å². The van der Waals surface area contributed by atoms with E-state index in [-0.39, 0.29) is 12.6 Å². The number of nitrogens with one attached hydrogen (secondary N) is 2. The van der Waals surface area contributed by atoms with Crippen LogP contribution in [0.4, 0.5) is 10.5 Å². The molecule has 2 rings (SSSR count). The van der Waals surface area contributed by atoms with Gasteiger partial charge in [-0.05, 0) is 49.8 Å². The Morgan fingerprint density at radius 1 is 1.48 bits per heavy atom. The molecule has 21 heavy (non-hydrogen) atoms. The van der Waals surface area contributed by atoms with E-state index in [2.05, 4.69) is 17.6 Å². The van der Waals surface area contributed by atoms with Crippen molar-refractivity contribution in [2.24, 2.45) is 5.92 Å². The van der Waals surface area contributed by atoms with Crippen molar-refractivity contribution in [3.63, 3.8) is 0 Å². The van der Waals surface area contributed by atoms with E-state index in [0.717, 1.165) is 25.7 Å².